The molecule has 0 aromatic carbocycles. The van der Waals surface area contributed by atoms with Gasteiger partial charge in [-0.25, -0.2) is 19.9 Å². The number of hydrogen-bond donors (Lipinski definition) is 1. The number of nitrogens with zero attached hydrogens (tertiary/aromatic N) is 4. The number of alkyl halides is 1. The summed E-state index contributed by atoms with van der Waals surface area (Å²) in [7, 11) is 0. The fourth-order valence-corrected chi connectivity index (χ4v) is 8.99. The Morgan fingerprint density at radius 2 is 1.19 bits per heavy atom. The summed E-state index contributed by atoms with van der Waals surface area (Å²) in [6.45, 7) is 14.4. The third-order valence-corrected chi connectivity index (χ3v) is 12.4. The third kappa shape index (κ3) is 6.84. The Morgan fingerprint density at radius 1 is 0.729 bits per heavy atom. The molecule has 6 aromatic rings. The molecule has 6 heterocycles. The van der Waals surface area contributed by atoms with E-state index in [9.17, 15) is 0 Å². The third-order valence-electron chi connectivity index (χ3n) is 10.1. The fraction of sp³-hybridized carbons (Fsp3) is 0.474. The maximum Gasteiger partial charge on any atom is 0.236 e. The van der Waals surface area contributed by atoms with Crippen LogP contribution < -0.4 is 5.73 Å². The van der Waals surface area contributed by atoms with Crippen molar-refractivity contribution in [2.75, 3.05) is 0 Å². The summed E-state index contributed by atoms with van der Waals surface area (Å²) in [5.41, 5.74) is 11.7. The molecule has 2 unspecified atom stereocenters. The zero-order valence-corrected chi connectivity index (χ0v) is 31.0. The van der Waals surface area contributed by atoms with Gasteiger partial charge in [-0.3, -0.25) is 0 Å². The Morgan fingerprint density at radius 3 is 1.58 bits per heavy atom. The molecule has 0 spiro atoms. The number of halogens is 1. The Labute approximate surface area is 295 Å². The van der Waals surface area contributed by atoms with Gasteiger partial charge in [-0.1, -0.05) is 41.5 Å². The molecule has 2 N–H and O–H groups in total. The highest BCUT2D eigenvalue weighted by molar-refractivity contribution is 7.22. The molecule has 0 fully saturated rings. The number of thiophene rings is 2. The number of pyridine rings is 2. The second-order valence-corrected chi connectivity index (χ2v) is 17.7. The maximum atomic E-state index is 5.80. The number of nitrogens with two attached hydrogens (primary N) is 1. The van der Waals surface area contributed by atoms with Crippen molar-refractivity contribution >= 4 is 54.7 Å². The molecule has 6 aromatic heterocycles. The first-order chi connectivity index (χ1) is 22.9. The van der Waals surface area contributed by atoms with E-state index < -0.39 is 0 Å². The maximum absolute atomic E-state index is 5.80. The molecule has 252 valence electrons. The second kappa shape index (κ2) is 13.0. The van der Waals surface area contributed by atoms with Crippen LogP contribution in [0.2, 0.25) is 0 Å². The van der Waals surface area contributed by atoms with Gasteiger partial charge in [0.1, 0.15) is 21.2 Å². The van der Waals surface area contributed by atoms with Crippen LogP contribution in [0.1, 0.15) is 88.4 Å². The molecule has 0 saturated heterocycles. The summed E-state index contributed by atoms with van der Waals surface area (Å²) in [5.74, 6) is 4.48. The highest BCUT2D eigenvalue weighted by Gasteiger charge is 2.31. The van der Waals surface area contributed by atoms with Crippen molar-refractivity contribution in [2.45, 2.75) is 92.5 Å². The van der Waals surface area contributed by atoms with Crippen molar-refractivity contribution in [3.63, 3.8) is 0 Å². The predicted octanol–water partition coefficient (Wildman–Crippen LogP) is 10.4. The first kappa shape index (κ1) is 33.4. The SMILES string of the molecule is CC(C)(C)C1CCc2nc3sc(-c4ncc(CCl)o4)cc3cc2C1.CC(C)(C)C1CCc2nc3sc(-c4ncc(CN)o4)cc3cc2C1. The van der Waals surface area contributed by atoms with Gasteiger partial charge in [-0.15, -0.1) is 34.3 Å². The van der Waals surface area contributed by atoms with Crippen LogP contribution in [0.4, 0.5) is 0 Å². The van der Waals surface area contributed by atoms with Crippen LogP contribution in [-0.2, 0) is 38.1 Å². The van der Waals surface area contributed by atoms with Crippen LogP contribution >= 0.6 is 34.3 Å². The molecular weight excluding hydrogens is 658 g/mol. The number of hydrogen-bond acceptors (Lipinski definition) is 9. The molecular formula is C38H44ClN5O2S2. The van der Waals surface area contributed by atoms with Gasteiger partial charge in [0.15, 0.2) is 0 Å². The number of aromatic nitrogens is 4. The Hall–Kier alpha value is -3.11. The lowest BCUT2D eigenvalue weighted by molar-refractivity contribution is 0.215. The van der Waals surface area contributed by atoms with Crippen LogP contribution in [0.15, 0.2) is 45.5 Å². The highest BCUT2D eigenvalue weighted by Crippen LogP contribution is 2.41. The van der Waals surface area contributed by atoms with Gasteiger partial charge >= 0.3 is 0 Å². The minimum atomic E-state index is 0.346. The quantitative estimate of drug-likeness (QED) is 0.182. The van der Waals surface area contributed by atoms with Gasteiger partial charge < -0.3 is 14.6 Å². The van der Waals surface area contributed by atoms with Gasteiger partial charge in [0.2, 0.25) is 11.8 Å². The number of rotatable bonds is 4. The van der Waals surface area contributed by atoms with E-state index >= 15 is 0 Å². The molecule has 2 aliphatic rings. The van der Waals surface area contributed by atoms with E-state index in [1.807, 2.05) is 0 Å². The molecule has 0 saturated carbocycles. The number of fused-ring (bicyclic) bond motifs is 4. The summed E-state index contributed by atoms with van der Waals surface area (Å²) in [6.07, 6.45) is 10.3. The van der Waals surface area contributed by atoms with E-state index in [1.165, 1.54) is 46.1 Å². The summed E-state index contributed by atoms with van der Waals surface area (Å²) in [4.78, 5) is 22.7. The average Bonchev–Trinajstić information content (AvgIpc) is 3.86. The first-order valence-corrected chi connectivity index (χ1v) is 19.1. The Balaban J connectivity index is 0.000000152. The Bertz CT molecular complexity index is 1930. The second-order valence-electron chi connectivity index (χ2n) is 15.4. The van der Waals surface area contributed by atoms with Crippen molar-refractivity contribution in [2.24, 2.45) is 28.4 Å². The summed E-state index contributed by atoms with van der Waals surface area (Å²) < 4.78 is 11.4. The van der Waals surface area contributed by atoms with E-state index in [2.05, 4.69) is 75.8 Å². The zero-order valence-electron chi connectivity index (χ0n) is 28.7. The molecule has 10 heteroatoms. The van der Waals surface area contributed by atoms with Gasteiger partial charge in [0.05, 0.1) is 34.6 Å². The van der Waals surface area contributed by atoms with Gasteiger partial charge in [0.25, 0.3) is 0 Å². The summed E-state index contributed by atoms with van der Waals surface area (Å²) >= 11 is 9.09. The van der Waals surface area contributed by atoms with Crippen molar-refractivity contribution in [3.05, 3.63) is 70.7 Å². The largest absolute Gasteiger partial charge is 0.439 e. The van der Waals surface area contributed by atoms with Crippen LogP contribution in [0, 0.1) is 22.7 Å². The average molecular weight is 702 g/mol. The standard InChI is InChI=1S/C19H21ClN2OS.C19H23N3OS/c2*1-19(2,3)13-4-5-15-11(7-13)6-12-8-16(24-18(12)22-15)17-21-10-14(9-20)23-17/h6,8,10,13H,4-5,7,9H2,1-3H3;6,8,10,13H,4-5,7,9,20H2,1-3H3. The highest BCUT2D eigenvalue weighted by atomic mass is 35.5. The lowest BCUT2D eigenvalue weighted by atomic mass is 9.71. The van der Waals surface area contributed by atoms with Crippen LogP contribution in [-0.4, -0.2) is 19.9 Å². The monoisotopic (exact) mass is 701 g/mol. The number of oxazole rings is 2. The topological polar surface area (TPSA) is 104 Å². The smallest absolute Gasteiger partial charge is 0.236 e. The molecule has 7 nitrogen and oxygen atoms in total. The van der Waals surface area contributed by atoms with Crippen molar-refractivity contribution in [3.8, 4) is 21.5 Å². The minimum absolute atomic E-state index is 0.346. The van der Waals surface area contributed by atoms with E-state index in [0.29, 0.717) is 46.6 Å². The molecule has 8 rings (SSSR count). The molecule has 0 radical (unpaired) electrons. The van der Waals surface area contributed by atoms with Crippen molar-refractivity contribution in [1.82, 2.24) is 19.9 Å². The van der Waals surface area contributed by atoms with Crippen LogP contribution in [0.25, 0.3) is 42.0 Å². The van der Waals surface area contributed by atoms with Crippen LogP contribution in [0.5, 0.6) is 0 Å². The van der Waals surface area contributed by atoms with E-state index in [-0.39, 0.29) is 0 Å². The van der Waals surface area contributed by atoms with Gasteiger partial charge in [-0.05, 0) is 96.6 Å². The summed E-state index contributed by atoms with van der Waals surface area (Å²) in [5, 5.41) is 2.38. The normalized spacial score (nSPS) is 18.1. The summed E-state index contributed by atoms with van der Waals surface area (Å²) in [6, 6.07) is 8.92. The molecule has 0 aliphatic heterocycles. The number of aryl methyl sites for hydroxylation is 2. The zero-order chi connectivity index (χ0) is 33.8. The fourth-order valence-electron chi connectivity index (χ4n) is 6.93. The van der Waals surface area contributed by atoms with E-state index in [1.54, 1.807) is 35.1 Å². The molecule has 2 aliphatic carbocycles. The van der Waals surface area contributed by atoms with Gasteiger partial charge in [0, 0.05) is 22.2 Å². The van der Waals surface area contributed by atoms with E-state index in [0.717, 1.165) is 56.9 Å². The Kier molecular flexibility index (Phi) is 9.02. The molecule has 0 amide bonds. The molecule has 48 heavy (non-hydrogen) atoms. The molecule has 2 atom stereocenters. The first-order valence-electron chi connectivity index (χ1n) is 16.9. The minimum Gasteiger partial charge on any atom is -0.439 e. The lowest BCUT2D eigenvalue weighted by Gasteiger charge is -2.34. The van der Waals surface area contributed by atoms with Gasteiger partial charge in [-0.2, -0.15) is 0 Å². The van der Waals surface area contributed by atoms with E-state index in [4.69, 9.17) is 36.1 Å². The van der Waals surface area contributed by atoms with Crippen LogP contribution in [0.3, 0.4) is 0 Å². The van der Waals surface area contributed by atoms with Crippen molar-refractivity contribution < 1.29 is 8.83 Å². The van der Waals surface area contributed by atoms with Crippen molar-refractivity contribution in [1.29, 1.82) is 0 Å². The predicted molar refractivity (Wildman–Crippen MR) is 198 cm³/mol. The molecule has 0 bridgehead atoms. The lowest BCUT2D eigenvalue weighted by Crippen LogP contribution is -2.27.